The topological polar surface area (TPSA) is 63.7 Å². The zero-order valence-electron chi connectivity index (χ0n) is 19.7. The first-order chi connectivity index (χ1) is 16.6. The molecule has 0 spiro atoms. The summed E-state index contributed by atoms with van der Waals surface area (Å²) in [5.41, 5.74) is 3.33. The maximum absolute atomic E-state index is 12.6. The molecule has 2 aliphatic rings. The first kappa shape index (κ1) is 22.4. The highest BCUT2D eigenvalue weighted by molar-refractivity contribution is 5.92. The summed E-state index contributed by atoms with van der Waals surface area (Å²) in [5.74, 6) is 1.46. The maximum Gasteiger partial charge on any atom is 0.270 e. The summed E-state index contributed by atoms with van der Waals surface area (Å²) in [4.78, 5) is 19.5. The van der Waals surface area contributed by atoms with Gasteiger partial charge >= 0.3 is 0 Å². The molecule has 1 amide bonds. The molecule has 0 unspecified atom stereocenters. The van der Waals surface area contributed by atoms with Gasteiger partial charge in [-0.2, -0.15) is 0 Å². The van der Waals surface area contributed by atoms with E-state index >= 15 is 0 Å². The predicted octanol–water partition coefficient (Wildman–Crippen LogP) is 4.69. The molecule has 2 aliphatic heterocycles. The molecule has 6 heteroatoms. The van der Waals surface area contributed by atoms with Gasteiger partial charge in [0.15, 0.2) is 0 Å². The van der Waals surface area contributed by atoms with Crippen molar-refractivity contribution in [3.05, 3.63) is 78.1 Å². The number of carbonyl (C=O) groups is 1. The Labute approximate surface area is 200 Å². The maximum atomic E-state index is 12.6. The smallest absolute Gasteiger partial charge is 0.270 e. The highest BCUT2D eigenvalue weighted by Crippen LogP contribution is 2.36. The van der Waals surface area contributed by atoms with E-state index in [1.54, 1.807) is 19.4 Å². The van der Waals surface area contributed by atoms with E-state index in [4.69, 9.17) is 9.47 Å². The van der Waals surface area contributed by atoms with Crippen LogP contribution >= 0.6 is 0 Å². The van der Waals surface area contributed by atoms with Crippen molar-refractivity contribution in [2.45, 2.75) is 50.4 Å². The van der Waals surface area contributed by atoms with Crippen molar-refractivity contribution < 1.29 is 14.3 Å². The van der Waals surface area contributed by atoms with Crippen LogP contribution in [0.2, 0.25) is 0 Å². The zero-order valence-corrected chi connectivity index (χ0v) is 19.7. The van der Waals surface area contributed by atoms with Crippen molar-refractivity contribution in [3.8, 4) is 22.6 Å². The molecular formula is C28H31N3O3. The number of hydrogen-bond donors (Lipinski definition) is 1. The highest BCUT2D eigenvalue weighted by atomic mass is 16.5. The molecule has 0 saturated carbocycles. The normalized spacial score (nSPS) is 21.8. The van der Waals surface area contributed by atoms with Crippen LogP contribution < -0.4 is 14.8 Å². The van der Waals surface area contributed by atoms with Gasteiger partial charge in [0.2, 0.25) is 0 Å². The van der Waals surface area contributed by atoms with E-state index in [1.165, 1.54) is 12.8 Å². The number of piperidine rings is 1. The number of benzene rings is 2. The average Bonchev–Trinajstić information content (AvgIpc) is 3.07. The lowest BCUT2D eigenvalue weighted by Crippen LogP contribution is -2.43. The molecule has 34 heavy (non-hydrogen) atoms. The van der Waals surface area contributed by atoms with Crippen LogP contribution in [-0.2, 0) is 6.54 Å². The predicted molar refractivity (Wildman–Crippen MR) is 132 cm³/mol. The van der Waals surface area contributed by atoms with Gasteiger partial charge in [-0.3, -0.25) is 9.78 Å². The summed E-state index contributed by atoms with van der Waals surface area (Å²) in [6.07, 6.45) is 6.72. The van der Waals surface area contributed by atoms with Crippen molar-refractivity contribution in [1.82, 2.24) is 15.2 Å². The number of nitrogens with zero attached hydrogens (tertiary/aromatic N) is 2. The van der Waals surface area contributed by atoms with E-state index < -0.39 is 0 Å². The van der Waals surface area contributed by atoms with Crippen LogP contribution in [0.3, 0.4) is 0 Å². The first-order valence-corrected chi connectivity index (χ1v) is 12.0. The van der Waals surface area contributed by atoms with Gasteiger partial charge in [-0.25, -0.2) is 0 Å². The second-order valence-electron chi connectivity index (χ2n) is 9.26. The Morgan fingerprint density at radius 1 is 1.00 bits per heavy atom. The third-order valence-electron chi connectivity index (χ3n) is 7.11. The van der Waals surface area contributed by atoms with Gasteiger partial charge in [0, 0.05) is 30.4 Å². The Morgan fingerprint density at radius 3 is 2.50 bits per heavy atom. The van der Waals surface area contributed by atoms with Gasteiger partial charge in [0.25, 0.3) is 5.91 Å². The Balaban J connectivity index is 1.17. The van der Waals surface area contributed by atoms with E-state index in [1.807, 2.05) is 54.6 Å². The number of amides is 1. The molecule has 2 bridgehead atoms. The minimum atomic E-state index is -0.199. The average molecular weight is 458 g/mol. The van der Waals surface area contributed by atoms with E-state index in [9.17, 15) is 4.79 Å². The third-order valence-corrected chi connectivity index (χ3v) is 7.11. The van der Waals surface area contributed by atoms with Gasteiger partial charge < -0.3 is 19.7 Å². The van der Waals surface area contributed by atoms with Gasteiger partial charge in [-0.1, -0.05) is 30.3 Å². The number of hydrogen-bond acceptors (Lipinski definition) is 5. The van der Waals surface area contributed by atoms with Crippen LogP contribution in [0.4, 0.5) is 0 Å². The molecule has 3 atom stereocenters. The van der Waals surface area contributed by atoms with Gasteiger partial charge in [-0.05, 0) is 74.2 Å². The molecule has 0 radical (unpaired) electrons. The van der Waals surface area contributed by atoms with Crippen LogP contribution in [0.1, 0.15) is 41.7 Å². The monoisotopic (exact) mass is 457 g/mol. The molecule has 1 aromatic heterocycles. The van der Waals surface area contributed by atoms with Crippen molar-refractivity contribution in [2.24, 2.45) is 0 Å². The van der Waals surface area contributed by atoms with Gasteiger partial charge in [0.05, 0.1) is 7.11 Å². The lowest BCUT2D eigenvalue weighted by atomic mass is 10.0. The lowest BCUT2D eigenvalue weighted by Gasteiger charge is -2.36. The largest absolute Gasteiger partial charge is 0.497 e. The van der Waals surface area contributed by atoms with E-state index in [2.05, 4.69) is 22.2 Å². The summed E-state index contributed by atoms with van der Waals surface area (Å²) >= 11 is 0. The second-order valence-corrected chi connectivity index (χ2v) is 9.26. The second kappa shape index (κ2) is 9.85. The molecule has 3 heterocycles. The SMILES string of the molecule is COc1cccc(-c2ccc(C(=O)NCc3cccc(O[C@@H]4C[C@H]5CC[C@@H](C4)N5C)c3)nc2)c1. The van der Waals surface area contributed by atoms with Gasteiger partial charge in [0.1, 0.15) is 23.3 Å². The minimum Gasteiger partial charge on any atom is -0.497 e. The summed E-state index contributed by atoms with van der Waals surface area (Å²) in [6, 6.07) is 20.7. The van der Waals surface area contributed by atoms with E-state index in [-0.39, 0.29) is 12.0 Å². The number of pyridine rings is 1. The van der Waals surface area contributed by atoms with Gasteiger partial charge in [-0.15, -0.1) is 0 Å². The number of nitrogens with one attached hydrogen (secondary N) is 1. The van der Waals surface area contributed by atoms with Crippen molar-refractivity contribution >= 4 is 5.91 Å². The highest BCUT2D eigenvalue weighted by Gasteiger charge is 2.39. The van der Waals surface area contributed by atoms with Crippen LogP contribution in [0.15, 0.2) is 66.9 Å². The lowest BCUT2D eigenvalue weighted by molar-refractivity contribution is 0.0661. The first-order valence-electron chi connectivity index (χ1n) is 12.0. The minimum absolute atomic E-state index is 0.199. The van der Waals surface area contributed by atoms with Crippen LogP contribution in [-0.4, -0.2) is 48.1 Å². The van der Waals surface area contributed by atoms with E-state index in [0.29, 0.717) is 24.3 Å². The fraction of sp³-hybridized carbons (Fsp3) is 0.357. The summed E-state index contributed by atoms with van der Waals surface area (Å²) < 4.78 is 11.6. The van der Waals surface area contributed by atoms with Crippen molar-refractivity contribution in [3.63, 3.8) is 0 Å². The Morgan fingerprint density at radius 2 is 1.76 bits per heavy atom. The zero-order chi connectivity index (χ0) is 23.5. The van der Waals surface area contributed by atoms with Crippen LogP contribution in [0.5, 0.6) is 11.5 Å². The molecule has 3 aromatic rings. The Kier molecular flexibility index (Phi) is 6.50. The standard InChI is InChI=1S/C28H31N3O3/c1-31-22-10-11-23(31)16-26(15-22)34-25-8-3-5-19(13-25)17-30-28(32)27-12-9-21(18-29-27)20-6-4-7-24(14-20)33-2/h3-9,12-14,18,22-23,26H,10-11,15-17H2,1-2H3,(H,30,32)/t22-,23+,26-. The molecule has 1 N–H and O–H groups in total. The number of carbonyl (C=O) groups excluding carboxylic acids is 1. The van der Waals surface area contributed by atoms with Crippen LogP contribution in [0, 0.1) is 0 Å². The van der Waals surface area contributed by atoms with Crippen LogP contribution in [0.25, 0.3) is 11.1 Å². The van der Waals surface area contributed by atoms with Crippen molar-refractivity contribution in [2.75, 3.05) is 14.2 Å². The summed E-state index contributed by atoms with van der Waals surface area (Å²) in [5, 5.41) is 2.97. The summed E-state index contributed by atoms with van der Waals surface area (Å²) in [6.45, 7) is 0.425. The third kappa shape index (κ3) is 4.92. The number of ether oxygens (including phenoxy) is 2. The molecule has 5 rings (SSSR count). The Bertz CT molecular complexity index is 1130. The quantitative estimate of drug-likeness (QED) is 0.558. The number of aromatic nitrogens is 1. The molecule has 2 saturated heterocycles. The molecule has 0 aliphatic carbocycles. The fourth-order valence-electron chi connectivity index (χ4n) is 5.15. The number of methoxy groups -OCH3 is 1. The molecule has 2 aromatic carbocycles. The molecule has 6 nitrogen and oxygen atoms in total. The Hall–Kier alpha value is -3.38. The molecule has 2 fully saturated rings. The van der Waals surface area contributed by atoms with Crippen molar-refractivity contribution in [1.29, 1.82) is 0 Å². The number of rotatable bonds is 7. The molecular weight excluding hydrogens is 426 g/mol. The summed E-state index contributed by atoms with van der Waals surface area (Å²) in [7, 11) is 3.88. The number of fused-ring (bicyclic) bond motifs is 2. The fourth-order valence-corrected chi connectivity index (χ4v) is 5.15. The van der Waals surface area contributed by atoms with E-state index in [0.717, 1.165) is 41.0 Å². The molecule has 176 valence electrons.